The van der Waals surface area contributed by atoms with Crippen LogP contribution in [0.5, 0.6) is 5.75 Å². The van der Waals surface area contributed by atoms with E-state index in [1.165, 1.54) is 17.9 Å². The highest BCUT2D eigenvalue weighted by Gasteiger charge is 2.24. The summed E-state index contributed by atoms with van der Waals surface area (Å²) in [5.41, 5.74) is 5.74. The van der Waals surface area contributed by atoms with Gasteiger partial charge in [0.2, 0.25) is 0 Å². The normalized spacial score (nSPS) is 11.8. The summed E-state index contributed by atoms with van der Waals surface area (Å²) in [6.45, 7) is 0.690. The lowest BCUT2D eigenvalue weighted by molar-refractivity contribution is -0.141. The first-order valence-corrected chi connectivity index (χ1v) is 14.3. The van der Waals surface area contributed by atoms with Gasteiger partial charge in [0, 0.05) is 51.6 Å². The van der Waals surface area contributed by atoms with Gasteiger partial charge < -0.3 is 19.7 Å². The third kappa shape index (κ3) is 5.72. The maximum Gasteiger partial charge on any atom is 0.328 e. The zero-order valence-corrected chi connectivity index (χ0v) is 23.9. The minimum absolute atomic E-state index is 0.135. The Labute approximate surface area is 250 Å². The maximum absolute atomic E-state index is 13.3. The van der Waals surface area contributed by atoms with E-state index in [0.29, 0.717) is 36.2 Å². The van der Waals surface area contributed by atoms with E-state index in [1.54, 1.807) is 42.5 Å². The van der Waals surface area contributed by atoms with Crippen LogP contribution in [0.1, 0.15) is 27.0 Å². The number of phenolic OH excluding ortho intramolecular Hbond substituents is 1. The SMILES string of the molecule is COC(=O)[C@H](Cc1ccc(O)cc1CCn1c2ccccc2c2ccccc21)Nc1ccccc1C(=O)c1ccccc1. The number of ether oxygens (including phenoxy) is 1. The van der Waals surface area contributed by atoms with Crippen LogP contribution in [0.2, 0.25) is 0 Å². The van der Waals surface area contributed by atoms with E-state index >= 15 is 0 Å². The number of aromatic nitrogens is 1. The van der Waals surface area contributed by atoms with Gasteiger partial charge >= 0.3 is 5.97 Å². The average Bonchev–Trinajstić information content (AvgIpc) is 3.37. The second kappa shape index (κ2) is 12.2. The average molecular weight is 569 g/mol. The summed E-state index contributed by atoms with van der Waals surface area (Å²) < 4.78 is 7.49. The molecule has 0 aliphatic rings. The number of nitrogens with one attached hydrogen (secondary N) is 1. The number of para-hydroxylation sites is 3. The predicted octanol–water partition coefficient (Wildman–Crippen LogP) is 7.17. The Morgan fingerprint density at radius 2 is 1.40 bits per heavy atom. The van der Waals surface area contributed by atoms with Crippen LogP contribution >= 0.6 is 0 Å². The van der Waals surface area contributed by atoms with Crippen molar-refractivity contribution >= 4 is 39.2 Å². The molecule has 5 aromatic carbocycles. The second-order valence-corrected chi connectivity index (χ2v) is 10.6. The van der Waals surface area contributed by atoms with Crippen molar-refractivity contribution in [3.05, 3.63) is 144 Å². The number of nitrogens with zero attached hydrogens (tertiary/aromatic N) is 1. The molecular weight excluding hydrogens is 536 g/mol. The van der Waals surface area contributed by atoms with E-state index < -0.39 is 12.0 Å². The summed E-state index contributed by atoms with van der Waals surface area (Å²) in [6, 6.07) is 37.5. The van der Waals surface area contributed by atoms with Crippen LogP contribution in [0.15, 0.2) is 121 Å². The first-order chi connectivity index (χ1) is 21.0. The summed E-state index contributed by atoms with van der Waals surface area (Å²) in [5, 5.41) is 16.1. The van der Waals surface area contributed by atoms with E-state index in [-0.39, 0.29) is 11.5 Å². The van der Waals surface area contributed by atoms with Gasteiger partial charge in [0.05, 0.1) is 7.11 Å². The van der Waals surface area contributed by atoms with Crippen molar-refractivity contribution in [1.29, 1.82) is 0 Å². The Bertz CT molecular complexity index is 1870. The summed E-state index contributed by atoms with van der Waals surface area (Å²) in [5.74, 6) is -0.408. The Morgan fingerprint density at radius 3 is 2.09 bits per heavy atom. The molecule has 1 atom stereocenters. The minimum atomic E-state index is -0.758. The second-order valence-electron chi connectivity index (χ2n) is 10.6. The van der Waals surface area contributed by atoms with E-state index in [9.17, 15) is 14.7 Å². The molecule has 0 bridgehead atoms. The number of aromatic hydroxyl groups is 1. The predicted molar refractivity (Wildman–Crippen MR) is 171 cm³/mol. The highest BCUT2D eigenvalue weighted by molar-refractivity contribution is 6.12. The van der Waals surface area contributed by atoms with Crippen LogP contribution in [0.4, 0.5) is 5.69 Å². The van der Waals surface area contributed by atoms with E-state index in [0.717, 1.165) is 22.2 Å². The molecule has 0 saturated carbocycles. The molecule has 6 nitrogen and oxygen atoms in total. The fourth-order valence-electron chi connectivity index (χ4n) is 5.82. The van der Waals surface area contributed by atoms with Crippen LogP contribution in [-0.4, -0.2) is 34.6 Å². The monoisotopic (exact) mass is 568 g/mol. The van der Waals surface area contributed by atoms with E-state index in [1.807, 2.05) is 42.5 Å². The number of anilines is 1. The third-order valence-corrected chi connectivity index (χ3v) is 7.92. The molecule has 0 fully saturated rings. The molecule has 0 aliphatic heterocycles. The van der Waals surface area contributed by atoms with Gasteiger partial charge in [-0.15, -0.1) is 0 Å². The Kier molecular flexibility index (Phi) is 7.92. The standard InChI is InChI=1S/C37H32N2O4/c1-43-37(42)33(38-32-16-8-5-15-31(32)36(41)25-11-3-2-4-12-25)24-26-19-20-28(40)23-27(26)21-22-39-34-17-9-6-13-29(34)30-14-7-10-18-35(30)39/h2-20,23,33,38,40H,21-22,24H2,1H3/t33-/m0/s1. The van der Waals surface area contributed by atoms with Crippen molar-refractivity contribution < 1.29 is 19.4 Å². The van der Waals surface area contributed by atoms with Crippen LogP contribution < -0.4 is 5.32 Å². The topological polar surface area (TPSA) is 80.6 Å². The molecule has 43 heavy (non-hydrogen) atoms. The first kappa shape index (κ1) is 27.8. The molecular formula is C37H32N2O4. The molecule has 6 aromatic rings. The number of rotatable bonds is 10. The number of methoxy groups -OCH3 is 1. The lowest BCUT2D eigenvalue weighted by atomic mass is 9.96. The number of phenols is 1. The van der Waals surface area contributed by atoms with Gasteiger partial charge in [-0.2, -0.15) is 0 Å². The largest absolute Gasteiger partial charge is 0.508 e. The molecule has 0 radical (unpaired) electrons. The third-order valence-electron chi connectivity index (χ3n) is 7.92. The van der Waals surface area contributed by atoms with Gasteiger partial charge in [-0.25, -0.2) is 4.79 Å². The number of fused-ring (bicyclic) bond motifs is 3. The molecule has 6 heteroatoms. The van der Waals surface area contributed by atoms with Crippen molar-refractivity contribution in [2.24, 2.45) is 0 Å². The lowest BCUT2D eigenvalue weighted by Gasteiger charge is -2.21. The maximum atomic E-state index is 13.3. The van der Waals surface area contributed by atoms with Gasteiger partial charge in [-0.05, 0) is 53.9 Å². The van der Waals surface area contributed by atoms with Gasteiger partial charge in [0.15, 0.2) is 5.78 Å². The van der Waals surface area contributed by atoms with Gasteiger partial charge in [0.1, 0.15) is 11.8 Å². The smallest absolute Gasteiger partial charge is 0.328 e. The van der Waals surface area contributed by atoms with Crippen LogP contribution in [-0.2, 0) is 28.9 Å². The molecule has 1 heterocycles. The summed E-state index contributed by atoms with van der Waals surface area (Å²) in [7, 11) is 1.36. The quantitative estimate of drug-likeness (QED) is 0.135. The van der Waals surface area contributed by atoms with Crippen LogP contribution in [0, 0.1) is 0 Å². The molecule has 0 spiro atoms. The number of ketones is 1. The molecule has 6 rings (SSSR count). The summed E-state index contributed by atoms with van der Waals surface area (Å²) >= 11 is 0. The zero-order chi connectivity index (χ0) is 29.8. The molecule has 214 valence electrons. The minimum Gasteiger partial charge on any atom is -0.508 e. The molecule has 0 aliphatic carbocycles. The fraction of sp³-hybridized carbons (Fsp3) is 0.135. The zero-order valence-electron chi connectivity index (χ0n) is 23.9. The molecule has 1 aromatic heterocycles. The van der Waals surface area contributed by atoms with Crippen molar-refractivity contribution in [3.63, 3.8) is 0 Å². The van der Waals surface area contributed by atoms with Gasteiger partial charge in [0.25, 0.3) is 0 Å². The number of hydrogen-bond acceptors (Lipinski definition) is 5. The summed E-state index contributed by atoms with van der Waals surface area (Å²) in [4.78, 5) is 26.4. The highest BCUT2D eigenvalue weighted by Crippen LogP contribution is 2.30. The van der Waals surface area contributed by atoms with Gasteiger partial charge in [-0.3, -0.25) is 4.79 Å². The number of benzene rings is 5. The van der Waals surface area contributed by atoms with E-state index in [2.05, 4.69) is 46.3 Å². The Balaban J connectivity index is 1.29. The van der Waals surface area contributed by atoms with Crippen molar-refractivity contribution in [1.82, 2.24) is 4.57 Å². The summed E-state index contributed by atoms with van der Waals surface area (Å²) in [6.07, 6.45) is 0.951. The van der Waals surface area contributed by atoms with E-state index in [4.69, 9.17) is 4.74 Å². The van der Waals surface area contributed by atoms with Crippen molar-refractivity contribution in [2.75, 3.05) is 12.4 Å². The number of esters is 1. The molecule has 0 unspecified atom stereocenters. The van der Waals surface area contributed by atoms with Crippen LogP contribution in [0.25, 0.3) is 21.8 Å². The number of carbonyl (C=O) groups excluding carboxylic acids is 2. The van der Waals surface area contributed by atoms with Gasteiger partial charge in [-0.1, -0.05) is 84.9 Å². The van der Waals surface area contributed by atoms with Crippen molar-refractivity contribution in [2.45, 2.75) is 25.4 Å². The Morgan fingerprint density at radius 1 is 0.767 bits per heavy atom. The van der Waals surface area contributed by atoms with Crippen molar-refractivity contribution in [3.8, 4) is 5.75 Å². The van der Waals surface area contributed by atoms with Crippen LogP contribution in [0.3, 0.4) is 0 Å². The highest BCUT2D eigenvalue weighted by atomic mass is 16.5. The number of carbonyl (C=O) groups is 2. The number of aryl methyl sites for hydroxylation is 2. The molecule has 0 amide bonds. The number of hydrogen-bond donors (Lipinski definition) is 2. The first-order valence-electron chi connectivity index (χ1n) is 14.3. The molecule has 2 N–H and O–H groups in total. The molecule has 0 saturated heterocycles. The Hall–Kier alpha value is -5.36. The fourth-order valence-corrected chi connectivity index (χ4v) is 5.82. The lowest BCUT2D eigenvalue weighted by Crippen LogP contribution is -2.33.